The average molecular weight is 245 g/mol. The third-order valence-electron chi connectivity index (χ3n) is 2.14. The fourth-order valence-electron chi connectivity index (χ4n) is 1.35. The first-order valence-electron chi connectivity index (χ1n) is 4.48. The molecule has 12 heavy (non-hydrogen) atoms. The van der Waals surface area contributed by atoms with Gasteiger partial charge in [-0.3, -0.25) is 0 Å². The van der Waals surface area contributed by atoms with E-state index in [0.717, 1.165) is 11.8 Å². The van der Waals surface area contributed by atoms with Crippen LogP contribution < -0.4 is 0 Å². The molecule has 0 aliphatic carbocycles. The van der Waals surface area contributed by atoms with Crippen LogP contribution in [-0.4, -0.2) is 0 Å². The summed E-state index contributed by atoms with van der Waals surface area (Å²) in [7, 11) is 0. The molecule has 0 fully saturated rings. The first-order valence-corrected chi connectivity index (χ1v) is 4.48. The smallest absolute Gasteiger partial charge is 0 e. The zero-order valence-electron chi connectivity index (χ0n) is 9.43. The molecule has 0 saturated carbocycles. The summed E-state index contributed by atoms with van der Waals surface area (Å²) in [5, 5.41) is 0. The molecule has 0 aliphatic rings. The summed E-state index contributed by atoms with van der Waals surface area (Å²) in [4.78, 5) is 0. The van der Waals surface area contributed by atoms with Gasteiger partial charge < -0.3 is 13.8 Å². The summed E-state index contributed by atoms with van der Waals surface area (Å²) < 4.78 is 0. The predicted molar refractivity (Wildman–Crippen MR) is 54.2 cm³/mol. The zero-order chi connectivity index (χ0) is 7.98. The third kappa shape index (κ3) is 11.1. The molecule has 1 radical (unpaired) electrons. The number of hydrogen-bond donors (Lipinski definition) is 0. The quantitative estimate of drug-likeness (QED) is 0.639. The second kappa shape index (κ2) is 12.1. The van der Waals surface area contributed by atoms with E-state index in [4.69, 9.17) is 0 Å². The van der Waals surface area contributed by atoms with E-state index >= 15 is 0 Å². The van der Waals surface area contributed by atoms with E-state index in [2.05, 4.69) is 34.1 Å². The maximum atomic E-state index is 2.34. The molecule has 2 unspecified atom stereocenters. The molecule has 0 rings (SSSR count). The van der Waals surface area contributed by atoms with Crippen LogP contribution in [0.2, 0.25) is 0 Å². The Bertz CT molecular complexity index is 71.4. The van der Waals surface area contributed by atoms with Gasteiger partial charge in [0.25, 0.3) is 0 Å². The van der Waals surface area contributed by atoms with Crippen molar-refractivity contribution in [2.75, 3.05) is 0 Å². The maximum Gasteiger partial charge on any atom is 0 e. The molecule has 0 heterocycles. The summed E-state index contributed by atoms with van der Waals surface area (Å²) >= 11 is 0. The van der Waals surface area contributed by atoms with Crippen molar-refractivity contribution in [3.63, 3.8) is 0 Å². The van der Waals surface area contributed by atoms with Crippen LogP contribution >= 0.6 is 0 Å². The standard InChI is InChI=1S/C10H21.CH3.Y/c1-5-7-10(4)8-9(3)6-2;;/h5,9-10H,6-8H2,1-4H3;1H3;/q2*-1;. The first-order chi connectivity index (χ1) is 4.70. The van der Waals surface area contributed by atoms with Crippen molar-refractivity contribution in [1.29, 1.82) is 0 Å². The molecule has 0 N–H and O–H groups in total. The Labute approximate surface area is 105 Å². The maximum absolute atomic E-state index is 2.34. The molecule has 0 aromatic heterocycles. The van der Waals surface area contributed by atoms with Gasteiger partial charge in [-0.15, -0.1) is 0 Å². The summed E-state index contributed by atoms with van der Waals surface area (Å²) in [6.45, 7) is 9.10. The van der Waals surface area contributed by atoms with Gasteiger partial charge in [-0.2, -0.15) is 13.3 Å². The van der Waals surface area contributed by atoms with Gasteiger partial charge >= 0.3 is 0 Å². The van der Waals surface area contributed by atoms with E-state index in [9.17, 15) is 0 Å². The molecule has 2 atom stereocenters. The second-order valence-electron chi connectivity index (χ2n) is 3.50. The summed E-state index contributed by atoms with van der Waals surface area (Å²) in [6.07, 6.45) is 6.27. The summed E-state index contributed by atoms with van der Waals surface area (Å²) in [5.74, 6) is 1.80. The fraction of sp³-hybridized carbons (Fsp3) is 0.818. The van der Waals surface area contributed by atoms with Gasteiger partial charge in [-0.05, 0) is 5.92 Å². The van der Waals surface area contributed by atoms with Crippen molar-refractivity contribution in [3.8, 4) is 0 Å². The van der Waals surface area contributed by atoms with Gasteiger partial charge in [0.05, 0.1) is 0 Å². The molecule has 0 aromatic carbocycles. The van der Waals surface area contributed by atoms with Crippen LogP contribution in [0, 0.1) is 25.7 Å². The SMILES string of the molecule is C[CH-]CC(C)CC(C)CC.[CH3-].[Y]. The first kappa shape index (κ1) is 18.8. The summed E-state index contributed by atoms with van der Waals surface area (Å²) in [5.41, 5.74) is 0. The van der Waals surface area contributed by atoms with Crippen LogP contribution in [0.4, 0.5) is 0 Å². The van der Waals surface area contributed by atoms with Crippen LogP contribution in [-0.2, 0) is 32.7 Å². The molecule has 0 amide bonds. The van der Waals surface area contributed by atoms with Crippen LogP contribution in [0.15, 0.2) is 0 Å². The van der Waals surface area contributed by atoms with E-state index in [1.807, 2.05) is 0 Å². The minimum atomic E-state index is 0. The van der Waals surface area contributed by atoms with Gasteiger partial charge in [0, 0.05) is 32.7 Å². The Kier molecular flexibility index (Phi) is 19.0. The zero-order valence-corrected chi connectivity index (χ0v) is 12.3. The minimum absolute atomic E-state index is 0. The second-order valence-corrected chi connectivity index (χ2v) is 3.50. The molecule has 73 valence electrons. The molecular weight excluding hydrogens is 221 g/mol. The van der Waals surface area contributed by atoms with Crippen molar-refractivity contribution in [2.45, 2.75) is 47.0 Å². The average Bonchev–Trinajstić information content (AvgIpc) is 1.88. The Morgan fingerprint density at radius 2 is 1.67 bits per heavy atom. The Hall–Kier alpha value is 1.10. The van der Waals surface area contributed by atoms with Gasteiger partial charge in [-0.1, -0.05) is 39.5 Å². The monoisotopic (exact) mass is 245 g/mol. The normalized spacial score (nSPS) is 14.0. The van der Waals surface area contributed by atoms with E-state index in [1.54, 1.807) is 0 Å². The van der Waals surface area contributed by atoms with E-state index in [-0.39, 0.29) is 40.1 Å². The van der Waals surface area contributed by atoms with Gasteiger partial charge in [0.1, 0.15) is 0 Å². The molecule has 0 aromatic rings. The van der Waals surface area contributed by atoms with Crippen molar-refractivity contribution in [2.24, 2.45) is 11.8 Å². The molecular formula is C11H24Y-2. The predicted octanol–water partition coefficient (Wildman–Crippen LogP) is 4.12. The molecule has 0 bridgehead atoms. The van der Waals surface area contributed by atoms with Crippen molar-refractivity contribution < 1.29 is 32.7 Å². The van der Waals surface area contributed by atoms with Crippen LogP contribution in [0.3, 0.4) is 0 Å². The topological polar surface area (TPSA) is 0 Å². The molecule has 0 nitrogen and oxygen atoms in total. The Balaban J connectivity index is -0.000000405. The van der Waals surface area contributed by atoms with Crippen LogP contribution in [0.25, 0.3) is 0 Å². The van der Waals surface area contributed by atoms with E-state index in [0.29, 0.717) is 0 Å². The Morgan fingerprint density at radius 1 is 1.17 bits per heavy atom. The third-order valence-corrected chi connectivity index (χ3v) is 2.14. The Morgan fingerprint density at radius 3 is 2.00 bits per heavy atom. The molecule has 0 aliphatic heterocycles. The number of hydrogen-bond acceptors (Lipinski definition) is 0. The molecule has 0 spiro atoms. The largest absolute Gasteiger partial charge is 0.358 e. The van der Waals surface area contributed by atoms with Crippen LogP contribution in [0.5, 0.6) is 0 Å². The van der Waals surface area contributed by atoms with Gasteiger partial charge in [0.2, 0.25) is 0 Å². The number of rotatable bonds is 5. The minimum Gasteiger partial charge on any atom is -0.358 e. The van der Waals surface area contributed by atoms with E-state index in [1.165, 1.54) is 19.3 Å². The molecule has 1 heteroatoms. The van der Waals surface area contributed by atoms with Crippen molar-refractivity contribution in [1.82, 2.24) is 0 Å². The van der Waals surface area contributed by atoms with Crippen LogP contribution in [0.1, 0.15) is 47.0 Å². The van der Waals surface area contributed by atoms with Crippen molar-refractivity contribution >= 4 is 0 Å². The van der Waals surface area contributed by atoms with Crippen molar-refractivity contribution in [3.05, 3.63) is 13.8 Å². The fourth-order valence-corrected chi connectivity index (χ4v) is 1.35. The van der Waals surface area contributed by atoms with Gasteiger partial charge in [0.15, 0.2) is 0 Å². The van der Waals surface area contributed by atoms with Gasteiger partial charge in [-0.25, -0.2) is 0 Å². The summed E-state index contributed by atoms with van der Waals surface area (Å²) in [6, 6.07) is 0. The van der Waals surface area contributed by atoms with E-state index < -0.39 is 0 Å². The molecule has 0 saturated heterocycles.